The van der Waals surface area contributed by atoms with Crippen LogP contribution in [0, 0.1) is 11.7 Å². The maximum absolute atomic E-state index is 14.7. The number of carbonyl (C=O) groups is 4. The van der Waals surface area contributed by atoms with E-state index < -0.39 is 17.5 Å². The average molecular weight is 736 g/mol. The van der Waals surface area contributed by atoms with Crippen LogP contribution in [-0.4, -0.2) is 126 Å². The molecular formula is C40H54FN5O7. The SMILES string of the molecule is CCC1CCC(c2cc(C(=O)N3CCN(C(=O)c4cc(F)cc(N5CCN(C(=O)O)CC5)c4)CC3)ccc2OC2CCN(C(=O)OC(C)(C)C)C2)CC1. The van der Waals surface area contributed by atoms with Gasteiger partial charge in [-0.1, -0.05) is 13.3 Å². The number of halogens is 1. The molecule has 288 valence electrons. The van der Waals surface area contributed by atoms with E-state index in [4.69, 9.17) is 9.47 Å². The van der Waals surface area contributed by atoms with E-state index in [-0.39, 0.29) is 35.5 Å². The second-order valence-electron chi connectivity index (χ2n) is 15.9. The van der Waals surface area contributed by atoms with Crippen molar-refractivity contribution in [3.05, 3.63) is 58.9 Å². The van der Waals surface area contributed by atoms with E-state index in [1.54, 1.807) is 20.8 Å². The molecule has 53 heavy (non-hydrogen) atoms. The van der Waals surface area contributed by atoms with Crippen molar-refractivity contribution in [2.75, 3.05) is 70.3 Å². The van der Waals surface area contributed by atoms with Gasteiger partial charge in [0.15, 0.2) is 0 Å². The molecule has 3 heterocycles. The van der Waals surface area contributed by atoms with Crippen molar-refractivity contribution in [1.82, 2.24) is 19.6 Å². The number of amides is 4. The van der Waals surface area contributed by atoms with Crippen molar-refractivity contribution < 1.29 is 38.1 Å². The van der Waals surface area contributed by atoms with Crippen molar-refractivity contribution in [2.24, 2.45) is 5.92 Å². The molecule has 13 heteroatoms. The van der Waals surface area contributed by atoms with Gasteiger partial charge in [-0.05, 0) is 100 Å². The van der Waals surface area contributed by atoms with Crippen LogP contribution >= 0.6 is 0 Å². The molecule has 4 amide bonds. The molecule has 4 aliphatic rings. The van der Waals surface area contributed by atoms with Gasteiger partial charge in [-0.3, -0.25) is 9.59 Å². The highest BCUT2D eigenvalue weighted by atomic mass is 19.1. The summed E-state index contributed by atoms with van der Waals surface area (Å²) in [6.07, 6.45) is 4.72. The zero-order chi connectivity index (χ0) is 37.9. The zero-order valence-electron chi connectivity index (χ0n) is 31.5. The summed E-state index contributed by atoms with van der Waals surface area (Å²) in [5, 5.41) is 9.26. The minimum atomic E-state index is -0.980. The third-order valence-corrected chi connectivity index (χ3v) is 11.1. The zero-order valence-corrected chi connectivity index (χ0v) is 31.5. The number of hydrogen-bond acceptors (Lipinski definition) is 7. The highest BCUT2D eigenvalue weighted by Gasteiger charge is 2.33. The monoisotopic (exact) mass is 735 g/mol. The van der Waals surface area contributed by atoms with Gasteiger partial charge in [-0.25, -0.2) is 14.0 Å². The number of piperazine rings is 2. The molecule has 1 aliphatic carbocycles. The number of rotatable bonds is 7. The van der Waals surface area contributed by atoms with Crippen molar-refractivity contribution >= 4 is 29.7 Å². The lowest BCUT2D eigenvalue weighted by atomic mass is 9.77. The van der Waals surface area contributed by atoms with Gasteiger partial charge >= 0.3 is 12.2 Å². The van der Waals surface area contributed by atoms with Crippen LogP contribution in [0.15, 0.2) is 36.4 Å². The molecule has 1 atom stereocenters. The van der Waals surface area contributed by atoms with Crippen LogP contribution in [0.4, 0.5) is 19.7 Å². The van der Waals surface area contributed by atoms with E-state index in [9.17, 15) is 28.7 Å². The first-order chi connectivity index (χ1) is 25.3. The topological polar surface area (TPSA) is 123 Å². The lowest BCUT2D eigenvalue weighted by Gasteiger charge is -2.36. The Morgan fingerprint density at radius 3 is 1.98 bits per heavy atom. The van der Waals surface area contributed by atoms with Gasteiger partial charge in [0.25, 0.3) is 11.8 Å². The van der Waals surface area contributed by atoms with E-state index in [1.165, 1.54) is 17.0 Å². The number of carboxylic acid groups (broad SMARTS) is 1. The normalized spacial score (nSPS) is 22.5. The Labute approximate surface area is 311 Å². The molecule has 3 aliphatic heterocycles. The molecule has 2 aromatic rings. The first kappa shape index (κ1) is 38.2. The first-order valence-electron chi connectivity index (χ1n) is 19.2. The number of benzene rings is 2. The summed E-state index contributed by atoms with van der Waals surface area (Å²) in [5.41, 5.74) is 1.84. The fourth-order valence-corrected chi connectivity index (χ4v) is 8.00. The number of hydrogen-bond donors (Lipinski definition) is 1. The van der Waals surface area contributed by atoms with E-state index in [0.29, 0.717) is 89.0 Å². The van der Waals surface area contributed by atoms with Crippen molar-refractivity contribution in [3.8, 4) is 5.75 Å². The highest BCUT2D eigenvalue weighted by Crippen LogP contribution is 2.41. The first-order valence-corrected chi connectivity index (χ1v) is 19.2. The lowest BCUT2D eigenvalue weighted by molar-refractivity contribution is 0.0275. The van der Waals surface area contributed by atoms with Crippen LogP contribution < -0.4 is 9.64 Å². The third-order valence-electron chi connectivity index (χ3n) is 11.1. The van der Waals surface area contributed by atoms with E-state index in [2.05, 4.69) is 6.92 Å². The third kappa shape index (κ3) is 9.34. The second kappa shape index (κ2) is 16.2. The summed E-state index contributed by atoms with van der Waals surface area (Å²) >= 11 is 0. The second-order valence-corrected chi connectivity index (χ2v) is 15.9. The van der Waals surface area contributed by atoms with Crippen LogP contribution in [0.1, 0.15) is 98.4 Å². The molecule has 1 saturated carbocycles. The lowest BCUT2D eigenvalue weighted by Crippen LogP contribution is -2.50. The Morgan fingerprint density at radius 2 is 1.38 bits per heavy atom. The minimum Gasteiger partial charge on any atom is -0.488 e. The van der Waals surface area contributed by atoms with Gasteiger partial charge in [0.2, 0.25) is 0 Å². The summed E-state index contributed by atoms with van der Waals surface area (Å²) in [6, 6.07) is 10.00. The minimum absolute atomic E-state index is 0.0994. The van der Waals surface area contributed by atoms with Gasteiger partial charge in [-0.15, -0.1) is 0 Å². The summed E-state index contributed by atoms with van der Waals surface area (Å²) in [6.45, 7) is 11.6. The summed E-state index contributed by atoms with van der Waals surface area (Å²) in [5.74, 6) is 0.829. The molecule has 0 spiro atoms. The Bertz CT molecular complexity index is 1660. The Hall–Kier alpha value is -4.55. The predicted octanol–water partition coefficient (Wildman–Crippen LogP) is 6.30. The summed E-state index contributed by atoms with van der Waals surface area (Å²) in [7, 11) is 0. The largest absolute Gasteiger partial charge is 0.488 e. The average Bonchev–Trinajstić information content (AvgIpc) is 3.62. The smallest absolute Gasteiger partial charge is 0.410 e. The maximum atomic E-state index is 14.7. The van der Waals surface area contributed by atoms with Crippen molar-refractivity contribution in [1.29, 1.82) is 0 Å². The number of anilines is 1. The standard InChI is InChI=1S/C40H54FN5O7/c1-5-27-6-8-28(9-7-27)34-24-29(10-11-35(34)52-33-12-13-46(26-33)39(51)53-40(2,3)4)36(47)43-16-18-44(19-17-43)37(48)30-22-31(41)25-32(23-30)42-14-20-45(21-15-42)38(49)50/h10-11,22-25,27-28,33H,5-9,12-21,26H2,1-4H3,(H,49,50). The number of carbonyl (C=O) groups excluding carboxylic acids is 3. The maximum Gasteiger partial charge on any atom is 0.410 e. The number of ether oxygens (including phenoxy) is 2. The highest BCUT2D eigenvalue weighted by molar-refractivity contribution is 5.97. The Morgan fingerprint density at radius 1 is 0.755 bits per heavy atom. The van der Waals surface area contributed by atoms with Crippen LogP contribution in [0.3, 0.4) is 0 Å². The Kier molecular flexibility index (Phi) is 11.7. The molecule has 0 radical (unpaired) electrons. The molecule has 3 saturated heterocycles. The van der Waals surface area contributed by atoms with E-state index >= 15 is 0 Å². The molecule has 1 unspecified atom stereocenters. The van der Waals surface area contributed by atoms with Crippen LogP contribution in [0.2, 0.25) is 0 Å². The van der Waals surface area contributed by atoms with Crippen molar-refractivity contribution in [3.63, 3.8) is 0 Å². The molecule has 1 N–H and O–H groups in total. The predicted molar refractivity (Wildman–Crippen MR) is 198 cm³/mol. The number of likely N-dealkylation sites (tertiary alicyclic amines) is 1. The molecular weight excluding hydrogens is 681 g/mol. The Balaban J connectivity index is 1.10. The fraction of sp³-hybridized carbons (Fsp3) is 0.600. The van der Waals surface area contributed by atoms with Gasteiger partial charge in [0, 0.05) is 82.1 Å². The molecule has 4 fully saturated rings. The van der Waals surface area contributed by atoms with E-state index in [1.807, 2.05) is 43.9 Å². The molecule has 6 rings (SSSR count). The van der Waals surface area contributed by atoms with E-state index in [0.717, 1.165) is 43.4 Å². The molecule has 0 bridgehead atoms. The number of nitrogens with zero attached hydrogens (tertiary/aromatic N) is 5. The molecule has 0 aromatic heterocycles. The summed E-state index contributed by atoms with van der Waals surface area (Å²) < 4.78 is 26.9. The molecule has 12 nitrogen and oxygen atoms in total. The van der Waals surface area contributed by atoms with Gasteiger partial charge in [0.1, 0.15) is 23.3 Å². The van der Waals surface area contributed by atoms with Crippen LogP contribution in [-0.2, 0) is 4.74 Å². The van der Waals surface area contributed by atoms with Crippen LogP contribution in [0.5, 0.6) is 5.75 Å². The van der Waals surface area contributed by atoms with Gasteiger partial charge in [0.05, 0.1) is 6.54 Å². The quantitative estimate of drug-likeness (QED) is 0.352. The fourth-order valence-electron chi connectivity index (χ4n) is 8.00. The summed E-state index contributed by atoms with van der Waals surface area (Å²) in [4.78, 5) is 59.8. The van der Waals surface area contributed by atoms with Gasteiger partial charge < -0.3 is 39.1 Å². The van der Waals surface area contributed by atoms with Gasteiger partial charge in [-0.2, -0.15) is 0 Å². The van der Waals surface area contributed by atoms with Crippen LogP contribution in [0.25, 0.3) is 0 Å². The van der Waals surface area contributed by atoms with Crippen molar-refractivity contribution in [2.45, 2.75) is 83.8 Å². The molecule has 2 aromatic carbocycles.